The smallest absolute Gasteiger partial charge is 0.143 e. The summed E-state index contributed by atoms with van der Waals surface area (Å²) in [6, 6.07) is 96.6. The van der Waals surface area contributed by atoms with E-state index in [1.807, 2.05) is 0 Å². The van der Waals surface area contributed by atoms with Crippen LogP contribution in [0.1, 0.15) is 0 Å². The second-order valence-electron chi connectivity index (χ2n) is 18.5. The van der Waals surface area contributed by atoms with Gasteiger partial charge in [0.1, 0.15) is 11.2 Å². The fourth-order valence-corrected chi connectivity index (χ4v) is 10.8. The molecule has 0 aliphatic carbocycles. The molecule has 0 radical (unpaired) electrons. The fraction of sp³-hybridized carbons (Fsp3) is 0. The highest BCUT2D eigenvalue weighted by molar-refractivity contribution is 6.15. The zero-order valence-corrected chi connectivity index (χ0v) is 38.7. The molecule has 0 N–H and O–H groups in total. The van der Waals surface area contributed by atoms with Gasteiger partial charge in [0.2, 0.25) is 0 Å². The minimum atomic E-state index is 0.891. The van der Waals surface area contributed by atoms with Gasteiger partial charge in [-0.3, -0.25) is 0 Å². The van der Waals surface area contributed by atoms with Crippen LogP contribution in [-0.2, 0) is 0 Å². The van der Waals surface area contributed by atoms with Gasteiger partial charge >= 0.3 is 0 Å². The molecule has 0 bridgehead atoms. The summed E-state index contributed by atoms with van der Waals surface area (Å²) in [4.78, 5) is 2.35. The van der Waals surface area contributed by atoms with Crippen molar-refractivity contribution >= 4 is 82.4 Å². The molecular formula is C68H44N2O. The minimum absolute atomic E-state index is 0.891. The van der Waals surface area contributed by atoms with Gasteiger partial charge in [0, 0.05) is 49.6 Å². The number of furan rings is 1. The monoisotopic (exact) mass is 904 g/mol. The topological polar surface area (TPSA) is 21.3 Å². The van der Waals surface area contributed by atoms with E-state index in [0.717, 1.165) is 66.8 Å². The van der Waals surface area contributed by atoms with E-state index in [2.05, 4.69) is 276 Å². The predicted octanol–water partition coefficient (Wildman–Crippen LogP) is 19.1. The van der Waals surface area contributed by atoms with Gasteiger partial charge in [-0.25, -0.2) is 0 Å². The zero-order chi connectivity index (χ0) is 46.8. The zero-order valence-electron chi connectivity index (χ0n) is 38.7. The standard InChI is InChI=1S/C68H44N2O/c1-2-13-52-43-53(26-25-45(52)11-1)48-23-21-46(22-24-48)47-27-35-55(36-28-47)69(56-37-29-49(30-38-56)54-34-41-62-63-42-33-50-12-3-4-15-59(50)68(63)71-67(62)44-54)57-39-31-51(32-40-57)58-14-5-8-18-64(58)70-65-19-9-6-16-60(65)61-17-7-10-20-66(61)70/h1-44H. The Morgan fingerprint density at radius 3 is 1.37 bits per heavy atom. The molecule has 2 heterocycles. The van der Waals surface area contributed by atoms with Crippen LogP contribution >= 0.6 is 0 Å². The molecule has 3 nitrogen and oxygen atoms in total. The van der Waals surface area contributed by atoms with Crippen molar-refractivity contribution in [2.24, 2.45) is 0 Å². The first-order valence-electron chi connectivity index (χ1n) is 24.3. The second kappa shape index (κ2) is 16.7. The molecule has 0 aliphatic heterocycles. The molecule has 0 spiro atoms. The molecule has 2 aromatic heterocycles. The van der Waals surface area contributed by atoms with Crippen molar-refractivity contribution in [2.45, 2.75) is 0 Å². The normalized spacial score (nSPS) is 11.7. The van der Waals surface area contributed by atoms with Crippen LogP contribution in [0.25, 0.3) is 115 Å². The minimum Gasteiger partial charge on any atom is -0.455 e. The number of aromatic nitrogens is 1. The summed E-state index contributed by atoms with van der Waals surface area (Å²) in [5.41, 5.74) is 17.9. The van der Waals surface area contributed by atoms with Crippen molar-refractivity contribution in [2.75, 3.05) is 4.90 Å². The van der Waals surface area contributed by atoms with Crippen LogP contribution in [0.15, 0.2) is 271 Å². The average molecular weight is 905 g/mol. The Labute approximate surface area is 411 Å². The first-order chi connectivity index (χ1) is 35.2. The van der Waals surface area contributed by atoms with E-state index in [1.165, 1.54) is 65.8 Å². The molecule has 0 aliphatic rings. The van der Waals surface area contributed by atoms with Gasteiger partial charge < -0.3 is 13.9 Å². The number of anilines is 3. The van der Waals surface area contributed by atoms with Crippen LogP contribution in [0.2, 0.25) is 0 Å². The van der Waals surface area contributed by atoms with E-state index in [9.17, 15) is 0 Å². The van der Waals surface area contributed by atoms with Gasteiger partial charge in [0.15, 0.2) is 0 Å². The summed E-state index contributed by atoms with van der Waals surface area (Å²) in [7, 11) is 0. The molecule has 0 fully saturated rings. The number of para-hydroxylation sites is 3. The lowest BCUT2D eigenvalue weighted by Crippen LogP contribution is -2.09. The summed E-state index contributed by atoms with van der Waals surface area (Å²) >= 11 is 0. The lowest BCUT2D eigenvalue weighted by atomic mass is 9.98. The Kier molecular flexibility index (Phi) is 9.53. The van der Waals surface area contributed by atoms with E-state index in [1.54, 1.807) is 0 Å². The number of nitrogens with zero attached hydrogens (tertiary/aromatic N) is 2. The third kappa shape index (κ3) is 6.97. The van der Waals surface area contributed by atoms with Crippen LogP contribution in [-0.4, -0.2) is 4.57 Å². The van der Waals surface area contributed by atoms with E-state index in [0.29, 0.717) is 0 Å². The lowest BCUT2D eigenvalue weighted by molar-refractivity contribution is 0.673. The molecule has 12 aromatic carbocycles. The maximum absolute atomic E-state index is 6.59. The summed E-state index contributed by atoms with van der Waals surface area (Å²) in [5, 5.41) is 9.59. The Balaban J connectivity index is 0.825. The van der Waals surface area contributed by atoms with Crippen molar-refractivity contribution in [3.63, 3.8) is 0 Å². The predicted molar refractivity (Wildman–Crippen MR) is 299 cm³/mol. The van der Waals surface area contributed by atoms with Crippen LogP contribution in [0, 0.1) is 0 Å². The van der Waals surface area contributed by atoms with Gasteiger partial charge in [0.05, 0.1) is 16.7 Å². The number of fused-ring (bicyclic) bond motifs is 9. The Morgan fingerprint density at radius 1 is 0.282 bits per heavy atom. The molecule has 0 saturated heterocycles. The third-order valence-electron chi connectivity index (χ3n) is 14.4. The van der Waals surface area contributed by atoms with Gasteiger partial charge in [-0.05, 0) is 134 Å². The lowest BCUT2D eigenvalue weighted by Gasteiger charge is -2.26. The summed E-state index contributed by atoms with van der Waals surface area (Å²) in [6.45, 7) is 0. The highest BCUT2D eigenvalue weighted by Gasteiger charge is 2.18. The Bertz CT molecular complexity index is 4260. The molecule has 332 valence electrons. The van der Waals surface area contributed by atoms with E-state index >= 15 is 0 Å². The summed E-state index contributed by atoms with van der Waals surface area (Å²) in [5.74, 6) is 0. The maximum atomic E-state index is 6.59. The van der Waals surface area contributed by atoms with Crippen LogP contribution in [0.5, 0.6) is 0 Å². The summed E-state index contributed by atoms with van der Waals surface area (Å²) < 4.78 is 9.00. The number of rotatable bonds is 8. The number of hydrogen-bond donors (Lipinski definition) is 0. The SMILES string of the molecule is c1ccc(-n2c3ccccc3c3ccccc32)c(-c2ccc(N(c3ccc(-c4ccc(-c5ccc6ccccc6c5)cc4)cc3)c3ccc(-c4ccc5c(c4)oc4c6ccccc6ccc54)cc3)cc2)c1. The molecule has 0 atom stereocenters. The van der Waals surface area contributed by atoms with E-state index < -0.39 is 0 Å². The molecule has 14 rings (SSSR count). The average Bonchev–Trinajstić information content (AvgIpc) is 3.99. The Morgan fingerprint density at radius 2 is 0.718 bits per heavy atom. The molecule has 3 heteroatoms. The van der Waals surface area contributed by atoms with Crippen molar-refractivity contribution in [1.29, 1.82) is 0 Å². The van der Waals surface area contributed by atoms with E-state index in [-0.39, 0.29) is 0 Å². The van der Waals surface area contributed by atoms with Gasteiger partial charge in [-0.15, -0.1) is 0 Å². The molecule has 71 heavy (non-hydrogen) atoms. The number of benzene rings is 12. The molecule has 14 aromatic rings. The molecule has 0 amide bonds. The molecule has 0 saturated carbocycles. The van der Waals surface area contributed by atoms with Crippen molar-refractivity contribution in [3.8, 4) is 50.2 Å². The van der Waals surface area contributed by atoms with Gasteiger partial charge in [-0.1, -0.05) is 188 Å². The van der Waals surface area contributed by atoms with E-state index in [4.69, 9.17) is 4.42 Å². The van der Waals surface area contributed by atoms with Crippen molar-refractivity contribution in [1.82, 2.24) is 4.57 Å². The number of hydrogen-bond acceptors (Lipinski definition) is 2. The van der Waals surface area contributed by atoms with Crippen molar-refractivity contribution < 1.29 is 4.42 Å². The second-order valence-corrected chi connectivity index (χ2v) is 18.5. The van der Waals surface area contributed by atoms with Crippen molar-refractivity contribution in [3.05, 3.63) is 267 Å². The maximum Gasteiger partial charge on any atom is 0.143 e. The molecular weight excluding hydrogens is 861 g/mol. The molecule has 0 unspecified atom stereocenters. The van der Waals surface area contributed by atoms with Crippen LogP contribution < -0.4 is 4.90 Å². The summed E-state index contributed by atoms with van der Waals surface area (Å²) in [6.07, 6.45) is 0. The highest BCUT2D eigenvalue weighted by Crippen LogP contribution is 2.42. The van der Waals surface area contributed by atoms with Gasteiger partial charge in [-0.2, -0.15) is 0 Å². The van der Waals surface area contributed by atoms with Gasteiger partial charge in [0.25, 0.3) is 0 Å². The fourth-order valence-electron chi connectivity index (χ4n) is 10.8. The van der Waals surface area contributed by atoms with Crippen LogP contribution in [0.4, 0.5) is 17.1 Å². The first kappa shape index (κ1) is 40.6. The first-order valence-corrected chi connectivity index (χ1v) is 24.3. The Hall–Kier alpha value is -9.44. The highest BCUT2D eigenvalue weighted by atomic mass is 16.3. The van der Waals surface area contributed by atoms with Crippen LogP contribution in [0.3, 0.4) is 0 Å². The third-order valence-corrected chi connectivity index (χ3v) is 14.4. The largest absolute Gasteiger partial charge is 0.455 e. The quantitative estimate of drug-likeness (QED) is 0.151.